The lowest BCUT2D eigenvalue weighted by atomic mass is 9.96. The van der Waals surface area contributed by atoms with Crippen molar-refractivity contribution in [3.05, 3.63) is 51.5 Å². The minimum absolute atomic E-state index is 0.0540. The molecule has 4 heterocycles. The second kappa shape index (κ2) is 9.22. The molecule has 0 saturated heterocycles. The van der Waals surface area contributed by atoms with E-state index >= 15 is 0 Å². The molecule has 13 heteroatoms. The summed E-state index contributed by atoms with van der Waals surface area (Å²) in [5, 5.41) is 10.1. The maximum atomic E-state index is 14.1. The van der Waals surface area contributed by atoms with Gasteiger partial charge in [0.05, 0.1) is 18.2 Å². The summed E-state index contributed by atoms with van der Waals surface area (Å²) in [5.41, 5.74) is 1.57. The first-order valence-corrected chi connectivity index (χ1v) is 13.0. The SMILES string of the molecule is CCOC(=O)c1c(NC(=O)c2cc3n(n2)C(C(F)(F)F)CC(c2ccc4c(c2)OCO4)N3)sc2c1CCC2. The monoisotopic (exact) mass is 548 g/mol. The quantitative estimate of drug-likeness (QED) is 0.420. The van der Waals surface area contributed by atoms with Gasteiger partial charge in [-0.15, -0.1) is 11.3 Å². The van der Waals surface area contributed by atoms with E-state index in [1.165, 1.54) is 17.4 Å². The van der Waals surface area contributed by atoms with Gasteiger partial charge in [-0.3, -0.25) is 4.79 Å². The molecule has 2 aromatic heterocycles. The molecule has 0 fully saturated rings. The van der Waals surface area contributed by atoms with E-state index in [-0.39, 0.29) is 31.3 Å². The Morgan fingerprint density at radius 3 is 2.84 bits per heavy atom. The van der Waals surface area contributed by atoms with E-state index in [1.54, 1.807) is 25.1 Å². The van der Waals surface area contributed by atoms with E-state index in [2.05, 4.69) is 15.7 Å². The zero-order chi connectivity index (χ0) is 26.6. The van der Waals surface area contributed by atoms with Crippen LogP contribution in [0.4, 0.5) is 24.0 Å². The number of halogens is 3. The minimum atomic E-state index is -4.60. The second-order valence-electron chi connectivity index (χ2n) is 9.20. The summed E-state index contributed by atoms with van der Waals surface area (Å²) in [6, 6.07) is 3.64. The third kappa shape index (κ3) is 4.24. The predicted molar refractivity (Wildman–Crippen MR) is 131 cm³/mol. The Kier molecular flexibility index (Phi) is 5.97. The molecule has 0 radical (unpaired) electrons. The molecule has 200 valence electrons. The van der Waals surface area contributed by atoms with Crippen LogP contribution in [0, 0.1) is 0 Å². The second-order valence-corrected chi connectivity index (χ2v) is 10.3. The number of nitrogens with one attached hydrogen (secondary N) is 2. The summed E-state index contributed by atoms with van der Waals surface area (Å²) in [6.07, 6.45) is -2.53. The number of aryl methyl sites for hydroxylation is 1. The molecule has 1 aromatic carbocycles. The van der Waals surface area contributed by atoms with Crippen LogP contribution >= 0.6 is 11.3 Å². The molecule has 2 unspecified atom stereocenters. The first-order valence-electron chi connectivity index (χ1n) is 12.2. The van der Waals surface area contributed by atoms with Gasteiger partial charge in [0.25, 0.3) is 5.91 Å². The maximum absolute atomic E-state index is 14.1. The first kappa shape index (κ1) is 24.6. The van der Waals surface area contributed by atoms with Gasteiger partial charge in [0.15, 0.2) is 23.2 Å². The number of hydrogen-bond donors (Lipinski definition) is 2. The van der Waals surface area contributed by atoms with E-state index in [0.717, 1.165) is 28.0 Å². The highest BCUT2D eigenvalue weighted by Gasteiger charge is 2.47. The number of alkyl halides is 3. The van der Waals surface area contributed by atoms with Gasteiger partial charge in [-0.1, -0.05) is 6.07 Å². The van der Waals surface area contributed by atoms with Gasteiger partial charge in [0, 0.05) is 17.4 Å². The Morgan fingerprint density at radius 2 is 2.05 bits per heavy atom. The van der Waals surface area contributed by atoms with Crippen molar-refractivity contribution in [3.63, 3.8) is 0 Å². The fraction of sp³-hybridized carbons (Fsp3) is 0.400. The molecule has 0 bridgehead atoms. The topological polar surface area (TPSA) is 104 Å². The van der Waals surface area contributed by atoms with E-state index < -0.39 is 30.1 Å². The molecular weight excluding hydrogens is 525 g/mol. The molecule has 1 amide bonds. The lowest BCUT2D eigenvalue weighted by molar-refractivity contribution is -0.173. The summed E-state index contributed by atoms with van der Waals surface area (Å²) in [5.74, 6) is -0.183. The number of rotatable bonds is 5. The van der Waals surface area contributed by atoms with E-state index in [4.69, 9.17) is 14.2 Å². The summed E-state index contributed by atoms with van der Waals surface area (Å²) in [7, 11) is 0. The van der Waals surface area contributed by atoms with Crippen molar-refractivity contribution >= 4 is 34.0 Å². The molecule has 2 N–H and O–H groups in total. The van der Waals surface area contributed by atoms with Crippen LogP contribution < -0.4 is 20.1 Å². The summed E-state index contributed by atoms with van der Waals surface area (Å²) >= 11 is 1.29. The molecule has 1 aliphatic carbocycles. The predicted octanol–water partition coefficient (Wildman–Crippen LogP) is 5.25. The van der Waals surface area contributed by atoms with Gasteiger partial charge in [-0.25, -0.2) is 9.48 Å². The molecule has 2 atom stereocenters. The lowest BCUT2D eigenvalue weighted by Gasteiger charge is -2.33. The third-order valence-corrected chi connectivity index (χ3v) is 8.06. The van der Waals surface area contributed by atoms with Crippen molar-refractivity contribution < 1.29 is 37.0 Å². The average molecular weight is 549 g/mol. The number of aromatic nitrogens is 2. The number of ether oxygens (including phenoxy) is 3. The zero-order valence-corrected chi connectivity index (χ0v) is 21.0. The molecule has 9 nitrogen and oxygen atoms in total. The van der Waals surface area contributed by atoms with E-state index in [0.29, 0.717) is 34.0 Å². The van der Waals surface area contributed by atoms with Gasteiger partial charge >= 0.3 is 12.1 Å². The smallest absolute Gasteiger partial charge is 0.410 e. The summed E-state index contributed by atoms with van der Waals surface area (Å²) in [6.45, 7) is 1.93. The van der Waals surface area contributed by atoms with Crippen molar-refractivity contribution in [3.8, 4) is 11.5 Å². The Bertz CT molecular complexity index is 1430. The van der Waals surface area contributed by atoms with Gasteiger partial charge < -0.3 is 24.8 Å². The Hall–Kier alpha value is -3.74. The van der Waals surface area contributed by atoms with E-state index in [1.807, 2.05) is 0 Å². The molecular formula is C25H23F3N4O5S. The van der Waals surface area contributed by atoms with Crippen molar-refractivity contribution in [2.45, 2.75) is 50.9 Å². The van der Waals surface area contributed by atoms with Gasteiger partial charge in [-0.2, -0.15) is 18.3 Å². The van der Waals surface area contributed by atoms with Gasteiger partial charge in [0.1, 0.15) is 10.8 Å². The number of nitrogens with zero attached hydrogens (tertiary/aromatic N) is 2. The van der Waals surface area contributed by atoms with E-state index in [9.17, 15) is 22.8 Å². The van der Waals surface area contributed by atoms with Crippen LogP contribution in [0.2, 0.25) is 0 Å². The molecule has 3 aromatic rings. The third-order valence-electron chi connectivity index (χ3n) is 6.85. The molecule has 0 spiro atoms. The Balaban J connectivity index is 1.29. The fourth-order valence-corrected chi connectivity index (χ4v) is 6.38. The van der Waals surface area contributed by atoms with Crippen molar-refractivity contribution in [1.82, 2.24) is 9.78 Å². The number of benzene rings is 1. The standard InChI is InChI=1S/C25H23F3N4O5S/c1-2-35-24(34)21-13-4-3-5-18(13)38-23(21)30-22(33)15-10-20-29-14(9-19(25(26,27)28)32(20)31-15)12-6-7-16-17(8-12)37-11-36-16/h6-8,10,14,19,29H,2-5,9,11H2,1H3,(H,30,33). The average Bonchev–Trinajstić information content (AvgIpc) is 3.65. The maximum Gasteiger partial charge on any atom is 0.410 e. The Labute approximate surface area is 218 Å². The van der Waals surface area contributed by atoms with Crippen LogP contribution in [0.5, 0.6) is 11.5 Å². The molecule has 38 heavy (non-hydrogen) atoms. The number of anilines is 2. The highest BCUT2D eigenvalue weighted by atomic mass is 32.1. The molecule has 3 aliphatic rings. The number of fused-ring (bicyclic) bond motifs is 3. The number of carbonyl (C=O) groups is 2. The van der Waals surface area contributed by atoms with Crippen LogP contribution in [0.3, 0.4) is 0 Å². The van der Waals surface area contributed by atoms with Crippen molar-refractivity contribution in [1.29, 1.82) is 0 Å². The molecule has 2 aliphatic heterocycles. The van der Waals surface area contributed by atoms with Crippen LogP contribution in [0.25, 0.3) is 0 Å². The lowest BCUT2D eigenvalue weighted by Crippen LogP contribution is -2.35. The highest BCUT2D eigenvalue weighted by Crippen LogP contribution is 2.45. The van der Waals surface area contributed by atoms with Crippen LogP contribution in [0.15, 0.2) is 24.3 Å². The largest absolute Gasteiger partial charge is 0.462 e. The molecule has 0 saturated carbocycles. The normalized spacial score (nSPS) is 19.5. The van der Waals surface area contributed by atoms with Gasteiger partial charge in [-0.05, 0) is 49.4 Å². The van der Waals surface area contributed by atoms with Crippen LogP contribution in [-0.2, 0) is 17.6 Å². The number of esters is 1. The van der Waals surface area contributed by atoms with Crippen molar-refractivity contribution in [2.75, 3.05) is 24.0 Å². The highest BCUT2D eigenvalue weighted by molar-refractivity contribution is 7.17. The van der Waals surface area contributed by atoms with Crippen LogP contribution in [0.1, 0.15) is 68.7 Å². The van der Waals surface area contributed by atoms with Crippen molar-refractivity contribution in [2.24, 2.45) is 0 Å². The number of carbonyl (C=O) groups excluding carboxylic acids is 2. The number of hydrogen-bond acceptors (Lipinski definition) is 8. The minimum Gasteiger partial charge on any atom is -0.462 e. The fourth-order valence-electron chi connectivity index (χ4n) is 5.11. The van der Waals surface area contributed by atoms with Gasteiger partial charge in [0.2, 0.25) is 6.79 Å². The number of amides is 1. The Morgan fingerprint density at radius 1 is 1.24 bits per heavy atom. The summed E-state index contributed by atoms with van der Waals surface area (Å²) in [4.78, 5) is 26.8. The first-order chi connectivity index (χ1) is 18.2. The summed E-state index contributed by atoms with van der Waals surface area (Å²) < 4.78 is 59.0. The van der Waals surface area contributed by atoms with Crippen LogP contribution in [-0.4, -0.2) is 41.2 Å². The number of thiophene rings is 1. The molecule has 6 rings (SSSR count). The zero-order valence-electron chi connectivity index (χ0n) is 20.2.